The van der Waals surface area contributed by atoms with E-state index in [4.69, 9.17) is 10.5 Å². The van der Waals surface area contributed by atoms with Gasteiger partial charge in [0, 0.05) is 18.2 Å². The van der Waals surface area contributed by atoms with Gasteiger partial charge in [-0.25, -0.2) is 28.1 Å². The molecular formula is C29H26F6N6O3. The summed E-state index contributed by atoms with van der Waals surface area (Å²) in [6.45, 7) is 4.77. The standard InChI is InChI=1S/C29H26F6N6O3/c1-13-22(41-11-5-6-18(25(41)37-13)44-12-14-15(30)7-8-16(31)20(14)32)24-38-21(17(42)9-10-28(4,36)29(33,34)35)19-23(39-24)40-26(43)27(19,2)3/h5-8,11H,9-10,12,36H2,1-4H3,(H,38,39,40,43). The molecule has 1 atom stereocenters. The quantitative estimate of drug-likeness (QED) is 0.150. The first kappa shape index (κ1) is 30.9. The number of hydrogen-bond donors (Lipinski definition) is 2. The molecule has 3 N–H and O–H groups in total. The maximum atomic E-state index is 14.2. The van der Waals surface area contributed by atoms with Crippen LogP contribution in [0.25, 0.3) is 17.2 Å². The number of pyridine rings is 1. The molecule has 0 saturated heterocycles. The second-order valence-corrected chi connectivity index (χ2v) is 11.3. The Morgan fingerprint density at radius 1 is 1.09 bits per heavy atom. The van der Waals surface area contributed by atoms with E-state index in [9.17, 15) is 35.9 Å². The van der Waals surface area contributed by atoms with Crippen molar-refractivity contribution in [3.8, 4) is 17.3 Å². The molecule has 4 aromatic rings. The van der Waals surface area contributed by atoms with Crippen LogP contribution in [0.3, 0.4) is 0 Å². The number of ether oxygens (including phenoxy) is 1. The molecule has 0 saturated carbocycles. The van der Waals surface area contributed by atoms with Crippen LogP contribution >= 0.6 is 0 Å². The van der Waals surface area contributed by atoms with Crippen LogP contribution in [0.5, 0.6) is 5.75 Å². The number of fused-ring (bicyclic) bond motifs is 2. The summed E-state index contributed by atoms with van der Waals surface area (Å²) in [7, 11) is 0. The predicted octanol–water partition coefficient (Wildman–Crippen LogP) is 5.57. The van der Waals surface area contributed by atoms with E-state index in [1.54, 1.807) is 13.1 Å². The molecule has 1 aromatic carbocycles. The molecule has 4 heterocycles. The number of Topliss-reactive ketones (excluding diaryl/α,β-unsaturated/α-hetero) is 1. The van der Waals surface area contributed by atoms with E-state index >= 15 is 0 Å². The number of aromatic nitrogens is 4. The van der Waals surface area contributed by atoms with Crippen LogP contribution in [-0.4, -0.2) is 42.8 Å². The maximum absolute atomic E-state index is 14.2. The van der Waals surface area contributed by atoms with Gasteiger partial charge in [0.2, 0.25) is 5.91 Å². The number of anilines is 1. The number of aryl methyl sites for hydroxylation is 1. The third kappa shape index (κ3) is 5.14. The van der Waals surface area contributed by atoms with Gasteiger partial charge in [0.25, 0.3) is 0 Å². The van der Waals surface area contributed by atoms with Gasteiger partial charge in [-0.2, -0.15) is 13.2 Å². The molecule has 232 valence electrons. The second-order valence-electron chi connectivity index (χ2n) is 11.3. The number of amides is 1. The molecule has 0 spiro atoms. The van der Waals surface area contributed by atoms with Crippen LogP contribution in [0.15, 0.2) is 30.5 Å². The molecule has 0 bridgehead atoms. The van der Waals surface area contributed by atoms with Gasteiger partial charge in [-0.3, -0.25) is 14.0 Å². The molecule has 0 fully saturated rings. The van der Waals surface area contributed by atoms with Crippen molar-refractivity contribution in [2.75, 3.05) is 5.32 Å². The number of nitrogens with one attached hydrogen (secondary N) is 1. The fraction of sp³-hybridized carbons (Fsp3) is 0.345. The molecule has 1 amide bonds. The molecule has 44 heavy (non-hydrogen) atoms. The number of carbonyl (C=O) groups is 2. The average molecular weight is 621 g/mol. The molecule has 1 aliphatic rings. The number of hydrogen-bond acceptors (Lipinski definition) is 7. The Hall–Kier alpha value is -4.53. The zero-order chi connectivity index (χ0) is 32.4. The summed E-state index contributed by atoms with van der Waals surface area (Å²) in [6.07, 6.45) is -4.56. The fourth-order valence-corrected chi connectivity index (χ4v) is 4.85. The number of imidazole rings is 1. The van der Waals surface area contributed by atoms with Gasteiger partial charge in [-0.1, -0.05) is 0 Å². The minimum Gasteiger partial charge on any atom is -0.485 e. The van der Waals surface area contributed by atoms with Gasteiger partial charge >= 0.3 is 6.18 Å². The minimum atomic E-state index is -4.76. The number of halogens is 6. The Morgan fingerprint density at radius 2 is 1.77 bits per heavy atom. The van der Waals surface area contributed by atoms with Crippen molar-refractivity contribution in [2.24, 2.45) is 5.73 Å². The molecule has 1 unspecified atom stereocenters. The highest BCUT2D eigenvalue weighted by atomic mass is 19.4. The first-order valence-electron chi connectivity index (χ1n) is 13.3. The topological polar surface area (TPSA) is 124 Å². The molecule has 5 rings (SSSR count). The van der Waals surface area contributed by atoms with Crippen molar-refractivity contribution < 1.29 is 40.7 Å². The van der Waals surface area contributed by atoms with Crippen molar-refractivity contribution in [1.29, 1.82) is 0 Å². The van der Waals surface area contributed by atoms with Crippen LogP contribution in [0, 0.1) is 24.4 Å². The molecule has 0 aliphatic carbocycles. The molecule has 0 radical (unpaired) electrons. The van der Waals surface area contributed by atoms with E-state index in [-0.39, 0.29) is 40.0 Å². The maximum Gasteiger partial charge on any atom is 0.406 e. The lowest BCUT2D eigenvalue weighted by molar-refractivity contribution is -0.182. The number of benzene rings is 1. The van der Waals surface area contributed by atoms with E-state index in [0.717, 1.165) is 13.0 Å². The van der Waals surface area contributed by atoms with Crippen molar-refractivity contribution in [1.82, 2.24) is 19.4 Å². The minimum absolute atomic E-state index is 0.0125. The van der Waals surface area contributed by atoms with Gasteiger partial charge in [-0.15, -0.1) is 0 Å². The van der Waals surface area contributed by atoms with Crippen LogP contribution in [0.1, 0.15) is 60.9 Å². The number of nitrogens with zero attached hydrogens (tertiary/aromatic N) is 4. The summed E-state index contributed by atoms with van der Waals surface area (Å²) < 4.78 is 89.2. The van der Waals surface area contributed by atoms with Crippen LogP contribution in [0.4, 0.5) is 32.2 Å². The fourth-order valence-electron chi connectivity index (χ4n) is 4.85. The lowest BCUT2D eigenvalue weighted by Gasteiger charge is -2.27. The van der Waals surface area contributed by atoms with E-state index in [1.807, 2.05) is 0 Å². The SMILES string of the molecule is Cc1nc2c(OCc3c(F)ccc(F)c3F)cccn2c1-c1nc2c(c(C(=O)CCC(C)(N)C(F)(F)F)n1)C(C)(C)C(=O)N2. The first-order chi connectivity index (χ1) is 20.4. The Morgan fingerprint density at radius 3 is 2.45 bits per heavy atom. The Bertz CT molecular complexity index is 1830. The van der Waals surface area contributed by atoms with Gasteiger partial charge in [0.15, 0.2) is 34.6 Å². The predicted molar refractivity (Wildman–Crippen MR) is 145 cm³/mol. The van der Waals surface area contributed by atoms with Gasteiger partial charge < -0.3 is 15.8 Å². The third-order valence-electron chi connectivity index (χ3n) is 7.63. The molecule has 9 nitrogen and oxygen atoms in total. The third-order valence-corrected chi connectivity index (χ3v) is 7.63. The number of carbonyl (C=O) groups excluding carboxylic acids is 2. The van der Waals surface area contributed by atoms with Crippen molar-refractivity contribution in [3.05, 3.63) is 70.4 Å². The zero-order valence-corrected chi connectivity index (χ0v) is 23.9. The van der Waals surface area contributed by atoms with E-state index in [0.29, 0.717) is 11.8 Å². The normalized spacial score (nSPS) is 15.7. The van der Waals surface area contributed by atoms with Gasteiger partial charge in [0.1, 0.15) is 35.2 Å². The monoisotopic (exact) mass is 620 g/mol. The van der Waals surface area contributed by atoms with Crippen LogP contribution in [-0.2, 0) is 16.8 Å². The van der Waals surface area contributed by atoms with Crippen LogP contribution in [0.2, 0.25) is 0 Å². The highest BCUT2D eigenvalue weighted by molar-refractivity contribution is 6.09. The Balaban J connectivity index is 1.57. The number of ketones is 1. The zero-order valence-electron chi connectivity index (χ0n) is 23.9. The summed E-state index contributed by atoms with van der Waals surface area (Å²) in [5.74, 6) is -4.91. The van der Waals surface area contributed by atoms with Crippen LogP contribution < -0.4 is 15.8 Å². The largest absolute Gasteiger partial charge is 0.485 e. The molecular weight excluding hydrogens is 594 g/mol. The molecule has 3 aromatic heterocycles. The summed E-state index contributed by atoms with van der Waals surface area (Å²) in [4.78, 5) is 39.5. The lowest BCUT2D eigenvalue weighted by atomic mass is 9.84. The Labute approximate surface area is 246 Å². The highest BCUT2D eigenvalue weighted by Crippen LogP contribution is 2.41. The Kier molecular flexibility index (Phi) is 7.43. The smallest absolute Gasteiger partial charge is 0.406 e. The number of nitrogens with two attached hydrogens (primary N) is 1. The van der Waals surface area contributed by atoms with Crippen molar-refractivity contribution in [2.45, 2.75) is 64.3 Å². The summed E-state index contributed by atoms with van der Waals surface area (Å²) in [5, 5.41) is 2.61. The summed E-state index contributed by atoms with van der Waals surface area (Å²) in [6, 6.07) is 4.42. The number of rotatable bonds is 8. The van der Waals surface area contributed by atoms with Crippen molar-refractivity contribution in [3.63, 3.8) is 0 Å². The average Bonchev–Trinajstić information content (AvgIpc) is 3.40. The van der Waals surface area contributed by atoms with E-state index in [1.165, 1.54) is 30.4 Å². The highest BCUT2D eigenvalue weighted by Gasteiger charge is 2.49. The molecule has 15 heteroatoms. The lowest BCUT2D eigenvalue weighted by Crippen LogP contribution is -2.50. The second kappa shape index (κ2) is 10.6. The van der Waals surface area contributed by atoms with Gasteiger partial charge in [0.05, 0.1) is 16.7 Å². The first-order valence-corrected chi connectivity index (χ1v) is 13.3. The summed E-state index contributed by atoms with van der Waals surface area (Å²) in [5.41, 5.74) is 1.50. The summed E-state index contributed by atoms with van der Waals surface area (Å²) >= 11 is 0. The van der Waals surface area contributed by atoms with E-state index in [2.05, 4.69) is 20.3 Å². The van der Waals surface area contributed by atoms with E-state index < -0.39 is 71.3 Å². The number of alkyl halides is 3. The molecule has 1 aliphatic heterocycles. The van der Waals surface area contributed by atoms with Gasteiger partial charge in [-0.05, 0) is 58.4 Å². The van der Waals surface area contributed by atoms with Crippen molar-refractivity contribution >= 4 is 23.2 Å².